The van der Waals surface area contributed by atoms with Crippen molar-refractivity contribution in [1.82, 2.24) is 40.8 Å². The molecule has 0 radical (unpaired) electrons. The average molecular weight is 360 g/mol. The number of aromatic amines is 2. The van der Waals surface area contributed by atoms with E-state index >= 15 is 0 Å². The fourth-order valence-electron chi connectivity index (χ4n) is 2.96. The molecule has 8 heteroatoms. The van der Waals surface area contributed by atoms with Crippen LogP contribution in [-0.4, -0.2) is 40.8 Å². The highest BCUT2D eigenvalue weighted by atomic mass is 15.5. The fraction of sp³-hybridized carbons (Fsp3) is 0.263. The zero-order chi connectivity index (χ0) is 18.5. The van der Waals surface area contributed by atoms with Crippen LogP contribution in [0.4, 0.5) is 0 Å². The maximum atomic E-state index is 4.57. The molecular weight excluding hydrogens is 340 g/mol. The van der Waals surface area contributed by atoms with E-state index in [2.05, 4.69) is 72.0 Å². The standard InChI is InChI=1S/C19H20N8/c1-2-3-4-17-21-18(23-22-17)11-13-5-7-14(8-6-13)15-9-10-20-12-16(15)19-24-26-27-25-19/h5-10,12H,2-4,11H2,1H3,(H,21,22,23)(H,24,25,26,27). The van der Waals surface area contributed by atoms with Gasteiger partial charge in [0, 0.05) is 30.8 Å². The second kappa shape index (κ2) is 7.86. The van der Waals surface area contributed by atoms with E-state index in [-0.39, 0.29) is 0 Å². The van der Waals surface area contributed by atoms with E-state index in [1.54, 1.807) is 12.4 Å². The van der Waals surface area contributed by atoms with Crippen molar-refractivity contribution in [1.29, 1.82) is 0 Å². The highest BCUT2D eigenvalue weighted by Gasteiger charge is 2.11. The molecule has 0 unspecified atom stereocenters. The number of aromatic nitrogens is 8. The van der Waals surface area contributed by atoms with Gasteiger partial charge in [-0.15, -0.1) is 5.10 Å². The Hall–Kier alpha value is -3.42. The summed E-state index contributed by atoms with van der Waals surface area (Å²) in [5.74, 6) is 2.39. The number of H-pyrrole nitrogens is 2. The largest absolute Gasteiger partial charge is 0.264 e. The SMILES string of the molecule is CCCCc1n[nH]c(Cc2ccc(-c3ccncc3-c3nnn[nH]3)cc2)n1. The number of nitrogens with one attached hydrogen (secondary N) is 2. The van der Waals surface area contributed by atoms with Crippen LogP contribution in [0.3, 0.4) is 0 Å². The third-order valence-corrected chi connectivity index (χ3v) is 4.39. The fourth-order valence-corrected chi connectivity index (χ4v) is 2.96. The molecule has 0 saturated heterocycles. The van der Waals surface area contributed by atoms with E-state index < -0.39 is 0 Å². The minimum Gasteiger partial charge on any atom is -0.264 e. The van der Waals surface area contributed by atoms with Crippen molar-refractivity contribution in [2.45, 2.75) is 32.6 Å². The highest BCUT2D eigenvalue weighted by molar-refractivity contribution is 5.79. The van der Waals surface area contributed by atoms with Crippen molar-refractivity contribution in [3.8, 4) is 22.5 Å². The minimum absolute atomic E-state index is 0.600. The predicted molar refractivity (Wildman–Crippen MR) is 101 cm³/mol. The molecule has 0 bridgehead atoms. The molecule has 27 heavy (non-hydrogen) atoms. The predicted octanol–water partition coefficient (Wildman–Crippen LogP) is 2.98. The lowest BCUT2D eigenvalue weighted by molar-refractivity contribution is 0.755. The van der Waals surface area contributed by atoms with Gasteiger partial charge in [0.25, 0.3) is 0 Å². The zero-order valence-corrected chi connectivity index (χ0v) is 15.1. The molecule has 0 aliphatic heterocycles. The van der Waals surface area contributed by atoms with E-state index in [9.17, 15) is 0 Å². The van der Waals surface area contributed by atoms with Gasteiger partial charge in [0.2, 0.25) is 0 Å². The van der Waals surface area contributed by atoms with Crippen LogP contribution in [0, 0.1) is 0 Å². The van der Waals surface area contributed by atoms with Crippen LogP contribution < -0.4 is 0 Å². The van der Waals surface area contributed by atoms with E-state index in [0.29, 0.717) is 5.82 Å². The summed E-state index contributed by atoms with van der Waals surface area (Å²) in [6.07, 6.45) is 7.44. The van der Waals surface area contributed by atoms with E-state index in [4.69, 9.17) is 0 Å². The first-order valence-corrected chi connectivity index (χ1v) is 9.01. The summed E-state index contributed by atoms with van der Waals surface area (Å²) >= 11 is 0. The maximum absolute atomic E-state index is 4.57. The van der Waals surface area contributed by atoms with Gasteiger partial charge < -0.3 is 0 Å². The van der Waals surface area contributed by atoms with Crippen molar-refractivity contribution in [2.75, 3.05) is 0 Å². The molecule has 0 amide bonds. The van der Waals surface area contributed by atoms with Gasteiger partial charge in [0.1, 0.15) is 5.82 Å². The molecule has 3 aromatic heterocycles. The number of tetrazole rings is 1. The summed E-state index contributed by atoms with van der Waals surface area (Å²) in [6, 6.07) is 10.3. The van der Waals surface area contributed by atoms with E-state index in [0.717, 1.165) is 54.0 Å². The molecule has 2 N–H and O–H groups in total. The summed E-state index contributed by atoms with van der Waals surface area (Å²) in [4.78, 5) is 8.76. The monoisotopic (exact) mass is 360 g/mol. The quantitative estimate of drug-likeness (QED) is 0.524. The molecule has 3 heterocycles. The lowest BCUT2D eigenvalue weighted by Crippen LogP contribution is -1.93. The van der Waals surface area contributed by atoms with Gasteiger partial charge in [-0.05, 0) is 39.6 Å². The number of rotatable bonds is 7. The van der Waals surface area contributed by atoms with E-state index in [1.165, 1.54) is 5.56 Å². The second-order valence-electron chi connectivity index (χ2n) is 6.35. The molecule has 0 saturated carbocycles. The Kier molecular flexibility index (Phi) is 4.95. The second-order valence-corrected chi connectivity index (χ2v) is 6.35. The summed E-state index contributed by atoms with van der Waals surface area (Å²) in [6.45, 7) is 2.17. The van der Waals surface area contributed by atoms with Crippen molar-refractivity contribution in [3.63, 3.8) is 0 Å². The number of aryl methyl sites for hydroxylation is 1. The van der Waals surface area contributed by atoms with Gasteiger partial charge >= 0.3 is 0 Å². The van der Waals surface area contributed by atoms with Gasteiger partial charge in [-0.1, -0.05) is 37.6 Å². The summed E-state index contributed by atoms with van der Waals surface area (Å²) < 4.78 is 0. The lowest BCUT2D eigenvalue weighted by Gasteiger charge is -2.07. The summed E-state index contributed by atoms with van der Waals surface area (Å²) in [5.41, 5.74) is 4.14. The molecule has 1 aromatic carbocycles. The molecule has 0 spiro atoms. The van der Waals surface area contributed by atoms with Crippen molar-refractivity contribution < 1.29 is 0 Å². The van der Waals surface area contributed by atoms with Crippen molar-refractivity contribution >= 4 is 0 Å². The third kappa shape index (κ3) is 3.89. The molecule has 8 nitrogen and oxygen atoms in total. The molecular formula is C19H20N8. The summed E-state index contributed by atoms with van der Waals surface area (Å²) in [7, 11) is 0. The number of nitrogens with zero attached hydrogens (tertiary/aromatic N) is 6. The number of unbranched alkanes of at least 4 members (excludes halogenated alkanes) is 1. The van der Waals surface area contributed by atoms with Crippen LogP contribution >= 0.6 is 0 Å². The normalized spacial score (nSPS) is 11.0. The molecule has 0 aliphatic rings. The first-order chi connectivity index (χ1) is 13.3. The smallest absolute Gasteiger partial charge is 0.181 e. The number of benzene rings is 1. The van der Waals surface area contributed by atoms with Crippen LogP contribution in [0.25, 0.3) is 22.5 Å². The van der Waals surface area contributed by atoms with Crippen LogP contribution in [0.2, 0.25) is 0 Å². The first kappa shape index (κ1) is 17.0. The van der Waals surface area contributed by atoms with Gasteiger partial charge in [-0.25, -0.2) is 10.1 Å². The first-order valence-electron chi connectivity index (χ1n) is 9.01. The van der Waals surface area contributed by atoms with Gasteiger partial charge in [-0.2, -0.15) is 5.10 Å². The Morgan fingerprint density at radius 1 is 1.00 bits per heavy atom. The Morgan fingerprint density at radius 3 is 2.67 bits per heavy atom. The molecule has 136 valence electrons. The molecule has 0 atom stereocenters. The van der Waals surface area contributed by atoms with E-state index in [1.807, 2.05) is 6.07 Å². The Labute approximate surface area is 156 Å². The Balaban J connectivity index is 1.52. The lowest BCUT2D eigenvalue weighted by atomic mass is 9.99. The average Bonchev–Trinajstić information content (AvgIpc) is 3.39. The number of pyridine rings is 1. The molecule has 0 fully saturated rings. The maximum Gasteiger partial charge on any atom is 0.181 e. The Morgan fingerprint density at radius 2 is 1.89 bits per heavy atom. The molecule has 4 aromatic rings. The van der Waals surface area contributed by atoms with Gasteiger partial charge in [0.05, 0.1) is 0 Å². The minimum atomic E-state index is 0.600. The van der Waals surface area contributed by atoms with Crippen LogP contribution in [-0.2, 0) is 12.8 Å². The van der Waals surface area contributed by atoms with Crippen LogP contribution in [0.15, 0.2) is 42.7 Å². The molecule has 0 aliphatic carbocycles. The third-order valence-electron chi connectivity index (χ3n) is 4.39. The van der Waals surface area contributed by atoms with Crippen molar-refractivity contribution in [2.24, 2.45) is 0 Å². The topological polar surface area (TPSA) is 109 Å². The molecule has 4 rings (SSSR count). The van der Waals surface area contributed by atoms with Crippen molar-refractivity contribution in [3.05, 3.63) is 59.9 Å². The van der Waals surface area contributed by atoms with Gasteiger partial charge in [-0.3, -0.25) is 10.1 Å². The van der Waals surface area contributed by atoms with Crippen LogP contribution in [0.1, 0.15) is 37.0 Å². The number of hydrogen-bond acceptors (Lipinski definition) is 6. The number of hydrogen-bond donors (Lipinski definition) is 2. The Bertz CT molecular complexity index is 989. The highest BCUT2D eigenvalue weighted by Crippen LogP contribution is 2.29. The summed E-state index contributed by atoms with van der Waals surface area (Å²) in [5, 5.41) is 21.4. The van der Waals surface area contributed by atoms with Crippen LogP contribution in [0.5, 0.6) is 0 Å². The zero-order valence-electron chi connectivity index (χ0n) is 15.1. The van der Waals surface area contributed by atoms with Gasteiger partial charge in [0.15, 0.2) is 11.6 Å².